The first-order valence-electron chi connectivity index (χ1n) is 10.3. The molecular weight excluding hydrogens is 426 g/mol. The van der Waals surface area contributed by atoms with Crippen LogP contribution in [0.5, 0.6) is 0 Å². The van der Waals surface area contributed by atoms with Crippen LogP contribution in [0.1, 0.15) is 17.5 Å². The van der Waals surface area contributed by atoms with Crippen LogP contribution in [-0.2, 0) is 27.8 Å². The van der Waals surface area contributed by atoms with Gasteiger partial charge in [-0.2, -0.15) is 0 Å². The van der Waals surface area contributed by atoms with Crippen molar-refractivity contribution in [2.24, 2.45) is 5.73 Å². The topological polar surface area (TPSA) is 117 Å². The van der Waals surface area contributed by atoms with Crippen molar-refractivity contribution in [1.82, 2.24) is 4.98 Å². The number of primary amides is 1. The summed E-state index contributed by atoms with van der Waals surface area (Å²) < 4.78 is 25.7. The van der Waals surface area contributed by atoms with Gasteiger partial charge in [-0.05, 0) is 36.2 Å². The molecule has 0 unspecified atom stereocenters. The van der Waals surface area contributed by atoms with E-state index in [1.54, 1.807) is 18.3 Å². The number of amides is 1. The lowest BCUT2D eigenvalue weighted by atomic mass is 10.1. The van der Waals surface area contributed by atoms with Crippen LogP contribution in [0.15, 0.2) is 66.9 Å². The molecule has 3 aromatic rings. The van der Waals surface area contributed by atoms with E-state index in [-0.39, 0.29) is 12.2 Å². The molecule has 4 N–H and O–H groups in total. The summed E-state index contributed by atoms with van der Waals surface area (Å²) in [6, 6.07) is 19.0. The third kappa shape index (κ3) is 5.17. The summed E-state index contributed by atoms with van der Waals surface area (Å²) in [6.07, 6.45) is 2.36. The molecule has 8 nitrogen and oxygen atoms in total. The van der Waals surface area contributed by atoms with Crippen molar-refractivity contribution in [3.63, 3.8) is 0 Å². The quantitative estimate of drug-likeness (QED) is 0.485. The van der Waals surface area contributed by atoms with E-state index in [4.69, 9.17) is 5.73 Å². The molecule has 2 aromatic carbocycles. The molecular formula is C23H25N5O3S. The van der Waals surface area contributed by atoms with Gasteiger partial charge >= 0.3 is 0 Å². The summed E-state index contributed by atoms with van der Waals surface area (Å²) in [5, 5.41) is 6.58. The number of benzene rings is 2. The Bertz CT molecular complexity index is 1200. The summed E-state index contributed by atoms with van der Waals surface area (Å²) >= 11 is 0. The maximum Gasteiger partial charge on any atom is 0.235 e. The van der Waals surface area contributed by atoms with Gasteiger partial charge in [0.1, 0.15) is 5.82 Å². The molecule has 0 radical (unpaired) electrons. The van der Waals surface area contributed by atoms with Crippen molar-refractivity contribution in [1.29, 1.82) is 0 Å². The molecule has 0 aliphatic carbocycles. The highest BCUT2D eigenvalue weighted by Crippen LogP contribution is 2.27. The monoisotopic (exact) mass is 451 g/mol. The number of rotatable bonds is 8. The van der Waals surface area contributed by atoms with Gasteiger partial charge in [0.2, 0.25) is 15.9 Å². The number of hydrogen-bond acceptors (Lipinski definition) is 6. The molecule has 0 spiro atoms. The number of hydrogen-bond donors (Lipinski definition) is 3. The van der Waals surface area contributed by atoms with Gasteiger partial charge in [0.05, 0.1) is 17.9 Å². The Balaban J connectivity index is 1.51. The van der Waals surface area contributed by atoms with Gasteiger partial charge in [0.15, 0.2) is 0 Å². The van der Waals surface area contributed by atoms with Crippen LogP contribution < -0.4 is 20.7 Å². The van der Waals surface area contributed by atoms with Crippen LogP contribution in [0.25, 0.3) is 0 Å². The van der Waals surface area contributed by atoms with Gasteiger partial charge in [-0.1, -0.05) is 30.3 Å². The van der Waals surface area contributed by atoms with E-state index in [0.29, 0.717) is 36.6 Å². The fraction of sp³-hybridized carbons (Fsp3) is 0.217. The summed E-state index contributed by atoms with van der Waals surface area (Å²) in [4.78, 5) is 15.9. The second-order valence-corrected chi connectivity index (χ2v) is 9.64. The standard InChI is InChI=1S/C23H25N5O3S/c24-22(29)13-18-16-26-23(14-21(18)25-15-17-5-2-1-3-6-17)27-19-7-9-20(10-8-19)28-11-4-12-32(28,30)31/h1-3,5-10,14,16H,4,11-13,15H2,(H2,24,29)(H2,25,26,27). The fourth-order valence-corrected chi connectivity index (χ4v) is 5.19. The van der Waals surface area contributed by atoms with Crippen molar-refractivity contribution >= 4 is 38.8 Å². The smallest absolute Gasteiger partial charge is 0.235 e. The zero-order valence-electron chi connectivity index (χ0n) is 17.5. The molecule has 1 saturated heterocycles. The third-order valence-electron chi connectivity index (χ3n) is 5.20. The largest absolute Gasteiger partial charge is 0.381 e. The highest BCUT2D eigenvalue weighted by Gasteiger charge is 2.28. The average Bonchev–Trinajstić information content (AvgIpc) is 3.13. The van der Waals surface area contributed by atoms with E-state index < -0.39 is 15.9 Å². The van der Waals surface area contributed by atoms with E-state index in [1.807, 2.05) is 48.5 Å². The highest BCUT2D eigenvalue weighted by atomic mass is 32.2. The second-order valence-electron chi connectivity index (χ2n) is 7.62. The maximum atomic E-state index is 12.1. The average molecular weight is 452 g/mol. The van der Waals surface area contributed by atoms with Crippen molar-refractivity contribution in [2.75, 3.05) is 27.2 Å². The van der Waals surface area contributed by atoms with Gasteiger partial charge in [0, 0.05) is 42.3 Å². The van der Waals surface area contributed by atoms with Crippen LogP contribution in [0.2, 0.25) is 0 Å². The minimum Gasteiger partial charge on any atom is -0.381 e. The van der Waals surface area contributed by atoms with Gasteiger partial charge in [-0.3, -0.25) is 9.10 Å². The summed E-state index contributed by atoms with van der Waals surface area (Å²) in [5.74, 6) is 0.353. The van der Waals surface area contributed by atoms with Crippen LogP contribution in [0.3, 0.4) is 0 Å². The van der Waals surface area contributed by atoms with Crippen molar-refractivity contribution < 1.29 is 13.2 Å². The predicted molar refractivity (Wildman–Crippen MR) is 126 cm³/mol. The minimum atomic E-state index is -3.21. The number of nitrogens with one attached hydrogen (secondary N) is 2. The second kappa shape index (κ2) is 9.27. The molecule has 1 amide bonds. The Morgan fingerprint density at radius 1 is 1.09 bits per heavy atom. The molecule has 4 rings (SSSR count). The lowest BCUT2D eigenvalue weighted by Crippen LogP contribution is -2.24. The Kier molecular flexibility index (Phi) is 6.27. The number of carbonyl (C=O) groups is 1. The zero-order chi connectivity index (χ0) is 22.6. The normalized spacial score (nSPS) is 14.8. The molecule has 1 aliphatic heterocycles. The number of anilines is 4. The van der Waals surface area contributed by atoms with Gasteiger partial charge in [-0.15, -0.1) is 0 Å². The van der Waals surface area contributed by atoms with Crippen LogP contribution in [0, 0.1) is 0 Å². The number of nitrogens with two attached hydrogens (primary N) is 1. The lowest BCUT2D eigenvalue weighted by Gasteiger charge is -2.17. The maximum absolute atomic E-state index is 12.1. The van der Waals surface area contributed by atoms with E-state index in [1.165, 1.54) is 4.31 Å². The van der Waals surface area contributed by atoms with Gasteiger partial charge < -0.3 is 16.4 Å². The Labute approximate surface area is 187 Å². The Morgan fingerprint density at radius 2 is 1.84 bits per heavy atom. The van der Waals surface area contributed by atoms with Crippen molar-refractivity contribution in [3.05, 3.63) is 78.0 Å². The van der Waals surface area contributed by atoms with Crippen molar-refractivity contribution in [3.8, 4) is 0 Å². The first kappa shape index (κ1) is 21.6. The zero-order valence-corrected chi connectivity index (χ0v) is 18.3. The molecule has 0 saturated carbocycles. The number of aromatic nitrogens is 1. The molecule has 9 heteroatoms. The van der Waals surface area contributed by atoms with E-state index in [9.17, 15) is 13.2 Å². The van der Waals surface area contributed by atoms with E-state index in [2.05, 4.69) is 15.6 Å². The molecule has 0 atom stereocenters. The molecule has 166 valence electrons. The number of carbonyl (C=O) groups excluding carboxylic acids is 1. The summed E-state index contributed by atoms with van der Waals surface area (Å²) in [7, 11) is -3.21. The van der Waals surface area contributed by atoms with E-state index in [0.717, 1.165) is 16.9 Å². The molecule has 2 heterocycles. The van der Waals surface area contributed by atoms with Crippen LogP contribution in [0.4, 0.5) is 22.9 Å². The summed E-state index contributed by atoms with van der Waals surface area (Å²) in [5.41, 5.74) is 9.41. The van der Waals surface area contributed by atoms with Crippen LogP contribution in [-0.4, -0.2) is 31.6 Å². The Morgan fingerprint density at radius 3 is 2.50 bits per heavy atom. The van der Waals surface area contributed by atoms with Gasteiger partial charge in [-0.25, -0.2) is 13.4 Å². The highest BCUT2D eigenvalue weighted by molar-refractivity contribution is 7.93. The first-order valence-corrected chi connectivity index (χ1v) is 11.9. The molecule has 32 heavy (non-hydrogen) atoms. The first-order chi connectivity index (χ1) is 15.4. The third-order valence-corrected chi connectivity index (χ3v) is 7.07. The lowest BCUT2D eigenvalue weighted by molar-refractivity contribution is -0.117. The van der Waals surface area contributed by atoms with Crippen molar-refractivity contribution in [2.45, 2.75) is 19.4 Å². The number of pyridine rings is 1. The predicted octanol–water partition coefficient (Wildman–Crippen LogP) is 3.01. The minimum absolute atomic E-state index is 0.0867. The number of nitrogens with zero attached hydrogens (tertiary/aromatic N) is 2. The van der Waals surface area contributed by atoms with E-state index >= 15 is 0 Å². The van der Waals surface area contributed by atoms with Gasteiger partial charge in [0.25, 0.3) is 0 Å². The summed E-state index contributed by atoms with van der Waals surface area (Å²) in [6.45, 7) is 1.10. The number of sulfonamides is 1. The fourth-order valence-electron chi connectivity index (χ4n) is 3.63. The SMILES string of the molecule is NC(=O)Cc1cnc(Nc2ccc(N3CCCS3(=O)=O)cc2)cc1NCc1ccccc1. The molecule has 0 bridgehead atoms. The molecule has 1 aliphatic rings. The molecule has 1 aromatic heterocycles. The van der Waals surface area contributed by atoms with Crippen LogP contribution >= 0.6 is 0 Å². The molecule has 1 fully saturated rings. The Hall–Kier alpha value is -3.59.